The minimum atomic E-state index is 0.139. The molecule has 1 saturated carbocycles. The summed E-state index contributed by atoms with van der Waals surface area (Å²) in [5, 5.41) is 11.5. The summed E-state index contributed by atoms with van der Waals surface area (Å²) in [4.78, 5) is 11.2. The van der Waals surface area contributed by atoms with Crippen LogP contribution in [0.5, 0.6) is 0 Å². The standard InChI is InChI=1S/C9H17NO2/c1-6(5-11)4-10-9(12)8-3-7(8)2/h6-8,11H,3-5H2,1-2H3,(H,10,12). The van der Waals surface area contributed by atoms with Gasteiger partial charge in [0, 0.05) is 19.1 Å². The zero-order valence-corrected chi connectivity index (χ0v) is 7.71. The van der Waals surface area contributed by atoms with Crippen molar-refractivity contribution >= 4 is 5.91 Å². The topological polar surface area (TPSA) is 49.3 Å². The molecule has 12 heavy (non-hydrogen) atoms. The number of amides is 1. The number of carbonyl (C=O) groups excluding carboxylic acids is 1. The third-order valence-corrected chi connectivity index (χ3v) is 2.38. The molecule has 3 nitrogen and oxygen atoms in total. The molecule has 70 valence electrons. The lowest BCUT2D eigenvalue weighted by Crippen LogP contribution is -2.30. The Morgan fingerprint density at radius 1 is 1.75 bits per heavy atom. The number of aliphatic hydroxyl groups excluding tert-OH is 1. The molecule has 1 aliphatic rings. The normalized spacial score (nSPS) is 29.6. The molecule has 3 atom stereocenters. The first-order valence-corrected chi connectivity index (χ1v) is 4.53. The fourth-order valence-corrected chi connectivity index (χ4v) is 1.16. The SMILES string of the molecule is CC(CO)CNC(=O)C1CC1C. The number of nitrogens with one attached hydrogen (secondary N) is 1. The zero-order valence-electron chi connectivity index (χ0n) is 7.71. The van der Waals surface area contributed by atoms with Crippen LogP contribution in [0.15, 0.2) is 0 Å². The summed E-state index contributed by atoms with van der Waals surface area (Å²) < 4.78 is 0. The first kappa shape index (κ1) is 9.52. The zero-order chi connectivity index (χ0) is 9.14. The van der Waals surface area contributed by atoms with Crippen LogP contribution >= 0.6 is 0 Å². The number of carbonyl (C=O) groups is 1. The molecule has 0 aromatic rings. The van der Waals surface area contributed by atoms with Gasteiger partial charge in [0.05, 0.1) is 0 Å². The van der Waals surface area contributed by atoms with Crippen molar-refractivity contribution in [2.24, 2.45) is 17.8 Å². The molecule has 2 N–H and O–H groups in total. The summed E-state index contributed by atoms with van der Waals surface area (Å²) in [5.41, 5.74) is 0. The Balaban J connectivity index is 2.11. The summed E-state index contributed by atoms with van der Waals surface area (Å²) >= 11 is 0. The Kier molecular flexibility index (Phi) is 3.09. The molecule has 3 heteroatoms. The predicted molar refractivity (Wildman–Crippen MR) is 46.5 cm³/mol. The fourth-order valence-electron chi connectivity index (χ4n) is 1.16. The van der Waals surface area contributed by atoms with E-state index in [0.717, 1.165) is 6.42 Å². The van der Waals surface area contributed by atoms with Gasteiger partial charge in [-0.1, -0.05) is 13.8 Å². The van der Waals surface area contributed by atoms with Gasteiger partial charge >= 0.3 is 0 Å². The van der Waals surface area contributed by atoms with Crippen LogP contribution in [0.3, 0.4) is 0 Å². The maximum atomic E-state index is 11.2. The minimum Gasteiger partial charge on any atom is -0.396 e. The van der Waals surface area contributed by atoms with Crippen LogP contribution < -0.4 is 5.32 Å². The van der Waals surface area contributed by atoms with Gasteiger partial charge in [0.25, 0.3) is 0 Å². The maximum Gasteiger partial charge on any atom is 0.223 e. The lowest BCUT2D eigenvalue weighted by molar-refractivity contribution is -0.122. The summed E-state index contributed by atoms with van der Waals surface area (Å²) in [6.07, 6.45) is 1.03. The highest BCUT2D eigenvalue weighted by molar-refractivity contribution is 5.81. The Morgan fingerprint density at radius 3 is 2.75 bits per heavy atom. The van der Waals surface area contributed by atoms with Gasteiger partial charge in [-0.05, 0) is 18.3 Å². The number of rotatable bonds is 4. The largest absolute Gasteiger partial charge is 0.396 e. The van der Waals surface area contributed by atoms with Crippen molar-refractivity contribution < 1.29 is 9.90 Å². The van der Waals surface area contributed by atoms with E-state index in [2.05, 4.69) is 12.2 Å². The molecule has 1 aliphatic carbocycles. The van der Waals surface area contributed by atoms with Crippen molar-refractivity contribution in [2.45, 2.75) is 20.3 Å². The summed E-state index contributed by atoms with van der Waals surface area (Å²) in [6, 6.07) is 0. The van der Waals surface area contributed by atoms with Crippen molar-refractivity contribution in [3.05, 3.63) is 0 Å². The molecule has 0 aliphatic heterocycles. The second-order valence-electron chi connectivity index (χ2n) is 3.85. The molecule has 0 heterocycles. The Bertz CT molecular complexity index is 170. The van der Waals surface area contributed by atoms with Crippen LogP contribution in [0.25, 0.3) is 0 Å². The van der Waals surface area contributed by atoms with E-state index >= 15 is 0 Å². The molecule has 0 radical (unpaired) electrons. The molecule has 0 saturated heterocycles. The molecular weight excluding hydrogens is 154 g/mol. The third kappa shape index (κ3) is 2.48. The quantitative estimate of drug-likeness (QED) is 0.642. The summed E-state index contributed by atoms with van der Waals surface area (Å²) in [6.45, 7) is 4.73. The van der Waals surface area contributed by atoms with E-state index < -0.39 is 0 Å². The van der Waals surface area contributed by atoms with E-state index in [0.29, 0.717) is 12.5 Å². The van der Waals surface area contributed by atoms with Gasteiger partial charge in [-0.2, -0.15) is 0 Å². The van der Waals surface area contributed by atoms with Crippen molar-refractivity contribution in [1.82, 2.24) is 5.32 Å². The first-order valence-electron chi connectivity index (χ1n) is 4.53. The third-order valence-electron chi connectivity index (χ3n) is 2.38. The molecule has 0 bridgehead atoms. The van der Waals surface area contributed by atoms with E-state index in [4.69, 9.17) is 5.11 Å². The smallest absolute Gasteiger partial charge is 0.223 e. The molecular formula is C9H17NO2. The van der Waals surface area contributed by atoms with Gasteiger partial charge in [-0.25, -0.2) is 0 Å². The molecule has 0 aromatic carbocycles. The number of hydrogen-bond donors (Lipinski definition) is 2. The second kappa shape index (κ2) is 3.90. The lowest BCUT2D eigenvalue weighted by Gasteiger charge is -2.08. The van der Waals surface area contributed by atoms with E-state index in [-0.39, 0.29) is 24.3 Å². The number of hydrogen-bond acceptors (Lipinski definition) is 2. The van der Waals surface area contributed by atoms with E-state index in [1.165, 1.54) is 0 Å². The molecule has 3 unspecified atom stereocenters. The Labute approximate surface area is 73.2 Å². The van der Waals surface area contributed by atoms with Crippen molar-refractivity contribution in [3.63, 3.8) is 0 Å². The van der Waals surface area contributed by atoms with Gasteiger partial charge in [0.2, 0.25) is 5.91 Å². The molecule has 1 rings (SSSR count). The highest BCUT2D eigenvalue weighted by atomic mass is 16.3. The highest BCUT2D eigenvalue weighted by Crippen LogP contribution is 2.37. The monoisotopic (exact) mass is 171 g/mol. The van der Waals surface area contributed by atoms with E-state index in [9.17, 15) is 4.79 Å². The summed E-state index contributed by atoms with van der Waals surface area (Å²) in [7, 11) is 0. The highest BCUT2D eigenvalue weighted by Gasteiger charge is 2.38. The predicted octanol–water partition coefficient (Wildman–Crippen LogP) is 0.387. The first-order chi connectivity index (χ1) is 5.65. The summed E-state index contributed by atoms with van der Waals surface area (Å²) in [5.74, 6) is 1.14. The molecule has 1 fully saturated rings. The van der Waals surface area contributed by atoms with Crippen LogP contribution in [-0.4, -0.2) is 24.2 Å². The van der Waals surface area contributed by atoms with Crippen LogP contribution in [0.4, 0.5) is 0 Å². The number of aliphatic hydroxyl groups is 1. The van der Waals surface area contributed by atoms with Crippen molar-refractivity contribution in [2.75, 3.05) is 13.2 Å². The lowest BCUT2D eigenvalue weighted by atomic mass is 10.2. The Hall–Kier alpha value is -0.570. The molecule has 0 spiro atoms. The average Bonchev–Trinajstić information content (AvgIpc) is 2.77. The van der Waals surface area contributed by atoms with Gasteiger partial charge in [0.1, 0.15) is 0 Å². The van der Waals surface area contributed by atoms with Gasteiger partial charge in [-0.3, -0.25) is 4.79 Å². The maximum absolute atomic E-state index is 11.2. The van der Waals surface area contributed by atoms with E-state index in [1.54, 1.807) is 0 Å². The van der Waals surface area contributed by atoms with Crippen LogP contribution in [-0.2, 0) is 4.79 Å². The van der Waals surface area contributed by atoms with Gasteiger partial charge < -0.3 is 10.4 Å². The van der Waals surface area contributed by atoms with Crippen molar-refractivity contribution in [3.8, 4) is 0 Å². The van der Waals surface area contributed by atoms with Gasteiger partial charge in [-0.15, -0.1) is 0 Å². The van der Waals surface area contributed by atoms with Crippen molar-refractivity contribution in [1.29, 1.82) is 0 Å². The molecule has 0 aromatic heterocycles. The molecule has 1 amide bonds. The fraction of sp³-hybridized carbons (Fsp3) is 0.889. The van der Waals surface area contributed by atoms with Crippen LogP contribution in [0.2, 0.25) is 0 Å². The minimum absolute atomic E-state index is 0.139. The van der Waals surface area contributed by atoms with Crippen LogP contribution in [0.1, 0.15) is 20.3 Å². The average molecular weight is 171 g/mol. The van der Waals surface area contributed by atoms with Gasteiger partial charge in [0.15, 0.2) is 0 Å². The van der Waals surface area contributed by atoms with E-state index in [1.807, 2.05) is 6.92 Å². The van der Waals surface area contributed by atoms with Crippen LogP contribution in [0, 0.1) is 17.8 Å². The second-order valence-corrected chi connectivity index (χ2v) is 3.85. The Morgan fingerprint density at radius 2 is 2.33 bits per heavy atom.